The van der Waals surface area contributed by atoms with Crippen LogP contribution in [0.4, 0.5) is 0 Å². The molecular weight excluding hydrogens is 350 g/mol. The Morgan fingerprint density at radius 1 is 1.07 bits per heavy atom. The van der Waals surface area contributed by atoms with Crippen molar-refractivity contribution < 1.29 is 9.22 Å². The van der Waals surface area contributed by atoms with Crippen molar-refractivity contribution >= 4 is 14.1 Å². The summed E-state index contributed by atoms with van der Waals surface area (Å²) in [5, 5.41) is 10.2. The summed E-state index contributed by atoms with van der Waals surface area (Å²) in [6, 6.07) is 2.70. The van der Waals surface area contributed by atoms with Gasteiger partial charge < -0.3 is 4.43 Å². The standard InChI is InChI=1S/C23H35NO2Si/c1-21-11-8-17(25)14-16(21)6-7-18-19(21)9-12-22(2)20(18)10-13-23(22,15-24)26-27(3,4)5/h14,18-20H,6-13H2,1-5H3/t18-,19+,20+,21+,22+,23+/m0/s1. The smallest absolute Gasteiger partial charge is 0.185 e. The lowest BCUT2D eigenvalue weighted by molar-refractivity contribution is -0.118. The molecule has 0 N–H and O–H groups in total. The molecule has 27 heavy (non-hydrogen) atoms. The molecule has 148 valence electrons. The van der Waals surface area contributed by atoms with E-state index in [1.807, 2.05) is 6.08 Å². The van der Waals surface area contributed by atoms with Gasteiger partial charge in [-0.1, -0.05) is 19.4 Å². The largest absolute Gasteiger partial charge is 0.399 e. The van der Waals surface area contributed by atoms with Gasteiger partial charge in [0.25, 0.3) is 0 Å². The molecule has 0 aromatic rings. The Morgan fingerprint density at radius 3 is 2.44 bits per heavy atom. The molecule has 0 spiro atoms. The van der Waals surface area contributed by atoms with Crippen molar-refractivity contribution in [1.82, 2.24) is 0 Å². The zero-order chi connectivity index (χ0) is 19.7. The molecule has 0 heterocycles. The molecule has 6 atom stereocenters. The highest BCUT2D eigenvalue weighted by atomic mass is 28.4. The Hall–Kier alpha value is -0.923. The SMILES string of the molecule is C[C@@]12CCC(=O)C=C1CC[C@H]1[C@H]2CC[C@]2(C)[C@@H]1CC[C@]2(C#N)O[Si](C)(C)C. The third kappa shape index (κ3) is 2.72. The maximum atomic E-state index is 12.0. The number of hydrogen-bond acceptors (Lipinski definition) is 3. The second-order valence-corrected chi connectivity index (χ2v) is 15.5. The molecule has 3 saturated carbocycles. The second-order valence-electron chi connectivity index (χ2n) is 11.1. The molecule has 0 amide bonds. The molecule has 0 aliphatic heterocycles. The highest BCUT2D eigenvalue weighted by Gasteiger charge is 2.66. The first kappa shape index (κ1) is 19.4. The molecule has 3 fully saturated rings. The van der Waals surface area contributed by atoms with Crippen LogP contribution in [0.5, 0.6) is 0 Å². The Labute approximate surface area is 165 Å². The van der Waals surface area contributed by atoms with E-state index in [0.717, 1.165) is 32.1 Å². The Kier molecular flexibility index (Phi) is 4.34. The molecule has 4 aliphatic carbocycles. The van der Waals surface area contributed by atoms with Crippen molar-refractivity contribution in [2.45, 2.75) is 90.5 Å². The minimum atomic E-state index is -1.80. The topological polar surface area (TPSA) is 50.1 Å². The van der Waals surface area contributed by atoms with Crippen LogP contribution in [0.2, 0.25) is 19.6 Å². The molecule has 3 nitrogen and oxygen atoms in total. The number of nitrogens with zero attached hydrogens (tertiary/aromatic N) is 1. The molecular formula is C23H35NO2Si. The summed E-state index contributed by atoms with van der Waals surface area (Å²) in [6.45, 7) is 11.4. The summed E-state index contributed by atoms with van der Waals surface area (Å²) >= 11 is 0. The van der Waals surface area contributed by atoms with Crippen molar-refractivity contribution in [3.63, 3.8) is 0 Å². The number of hydrogen-bond donors (Lipinski definition) is 0. The van der Waals surface area contributed by atoms with Crippen molar-refractivity contribution in [2.75, 3.05) is 0 Å². The fourth-order valence-electron chi connectivity index (χ4n) is 7.45. The minimum Gasteiger partial charge on any atom is -0.399 e. The van der Waals surface area contributed by atoms with Gasteiger partial charge in [0.05, 0.1) is 6.07 Å². The lowest BCUT2D eigenvalue weighted by Crippen LogP contribution is -2.57. The zero-order valence-corrected chi connectivity index (χ0v) is 18.7. The molecule has 0 aromatic carbocycles. The average molecular weight is 386 g/mol. The van der Waals surface area contributed by atoms with Gasteiger partial charge in [0, 0.05) is 11.8 Å². The zero-order valence-electron chi connectivity index (χ0n) is 17.7. The van der Waals surface area contributed by atoms with Gasteiger partial charge in [0.15, 0.2) is 14.1 Å². The van der Waals surface area contributed by atoms with Crippen LogP contribution in [0.25, 0.3) is 0 Å². The van der Waals surface area contributed by atoms with Crippen LogP contribution in [0.1, 0.15) is 65.2 Å². The quantitative estimate of drug-likeness (QED) is 0.579. The van der Waals surface area contributed by atoms with E-state index in [1.54, 1.807) is 0 Å². The van der Waals surface area contributed by atoms with Gasteiger partial charge in [-0.05, 0) is 93.8 Å². The summed E-state index contributed by atoms with van der Waals surface area (Å²) in [5.41, 5.74) is 1.01. The Morgan fingerprint density at radius 2 is 1.78 bits per heavy atom. The van der Waals surface area contributed by atoms with Crippen LogP contribution in [0.15, 0.2) is 11.6 Å². The lowest BCUT2D eigenvalue weighted by Gasteiger charge is -2.59. The minimum absolute atomic E-state index is 0.0226. The number of carbonyl (C=O) groups excluding carboxylic acids is 1. The van der Waals surface area contributed by atoms with Crippen molar-refractivity contribution in [1.29, 1.82) is 5.26 Å². The number of ketones is 1. The number of fused-ring (bicyclic) bond motifs is 5. The van der Waals surface area contributed by atoms with Crippen molar-refractivity contribution in [2.24, 2.45) is 28.6 Å². The van der Waals surface area contributed by atoms with Gasteiger partial charge in [-0.2, -0.15) is 5.26 Å². The molecule has 4 aliphatic rings. The summed E-state index contributed by atoms with van der Waals surface area (Å²) in [5.74, 6) is 2.27. The molecule has 0 unspecified atom stereocenters. The molecule has 0 radical (unpaired) electrons. The highest BCUT2D eigenvalue weighted by molar-refractivity contribution is 6.69. The van der Waals surface area contributed by atoms with Crippen LogP contribution in [0.3, 0.4) is 0 Å². The number of nitriles is 1. The Balaban J connectivity index is 1.68. The van der Waals surface area contributed by atoms with Crippen molar-refractivity contribution in [3.8, 4) is 6.07 Å². The predicted octanol–water partition coefficient (Wildman–Crippen LogP) is 5.63. The van der Waals surface area contributed by atoms with E-state index in [2.05, 4.69) is 39.6 Å². The fraction of sp³-hybridized carbons (Fsp3) is 0.826. The second kappa shape index (κ2) is 6.04. The van der Waals surface area contributed by atoms with Gasteiger partial charge in [-0.25, -0.2) is 0 Å². The highest BCUT2D eigenvalue weighted by Crippen LogP contribution is 2.68. The van der Waals surface area contributed by atoms with Gasteiger partial charge in [-0.3, -0.25) is 4.79 Å². The van der Waals surface area contributed by atoms with Crippen LogP contribution < -0.4 is 0 Å². The molecule has 0 saturated heterocycles. The third-order valence-corrected chi connectivity index (χ3v) is 9.70. The van der Waals surface area contributed by atoms with E-state index >= 15 is 0 Å². The summed E-state index contributed by atoms with van der Waals surface area (Å²) < 4.78 is 6.66. The Bertz CT molecular complexity index is 732. The van der Waals surface area contributed by atoms with Gasteiger partial charge in [0.1, 0.15) is 5.60 Å². The van der Waals surface area contributed by atoms with Crippen LogP contribution >= 0.6 is 0 Å². The fourth-order valence-corrected chi connectivity index (χ4v) is 8.88. The predicted molar refractivity (Wildman–Crippen MR) is 109 cm³/mol. The van der Waals surface area contributed by atoms with Crippen LogP contribution in [-0.4, -0.2) is 19.7 Å². The van der Waals surface area contributed by atoms with Crippen LogP contribution in [0, 0.1) is 39.9 Å². The normalized spacial score (nSPS) is 46.7. The monoisotopic (exact) mass is 385 g/mol. The first-order chi connectivity index (χ1) is 12.5. The van der Waals surface area contributed by atoms with Gasteiger partial charge in [-0.15, -0.1) is 0 Å². The van der Waals surface area contributed by atoms with Crippen LogP contribution in [-0.2, 0) is 9.22 Å². The van der Waals surface area contributed by atoms with Crippen molar-refractivity contribution in [3.05, 3.63) is 11.6 Å². The van der Waals surface area contributed by atoms with E-state index in [9.17, 15) is 10.1 Å². The van der Waals surface area contributed by atoms with Gasteiger partial charge >= 0.3 is 0 Å². The molecule has 0 aromatic heterocycles. The average Bonchev–Trinajstić information content (AvgIpc) is 2.87. The molecule has 4 rings (SSSR count). The lowest BCUT2D eigenvalue weighted by atomic mass is 9.46. The van der Waals surface area contributed by atoms with E-state index in [-0.39, 0.29) is 10.8 Å². The summed E-state index contributed by atoms with van der Waals surface area (Å²) in [4.78, 5) is 12.0. The number of rotatable bonds is 2. The summed E-state index contributed by atoms with van der Waals surface area (Å²) in [6.07, 6.45) is 10.3. The van der Waals surface area contributed by atoms with Gasteiger partial charge in [0.2, 0.25) is 0 Å². The van der Waals surface area contributed by atoms with E-state index in [0.29, 0.717) is 30.0 Å². The van der Waals surface area contributed by atoms with E-state index < -0.39 is 13.9 Å². The first-order valence-electron chi connectivity index (χ1n) is 10.9. The first-order valence-corrected chi connectivity index (χ1v) is 14.3. The number of carbonyl (C=O) groups is 1. The van der Waals surface area contributed by atoms with E-state index in [4.69, 9.17) is 4.43 Å². The summed E-state index contributed by atoms with van der Waals surface area (Å²) in [7, 11) is -1.80. The third-order valence-electron chi connectivity index (χ3n) is 8.74. The number of allylic oxidation sites excluding steroid dienone is 1. The maximum absolute atomic E-state index is 12.0. The van der Waals surface area contributed by atoms with E-state index in [1.165, 1.54) is 18.4 Å². The maximum Gasteiger partial charge on any atom is 0.185 e. The molecule has 0 bridgehead atoms. The molecule has 4 heteroatoms.